The summed E-state index contributed by atoms with van der Waals surface area (Å²) in [6.07, 6.45) is 9.49. The third kappa shape index (κ3) is 30.5. The molecule has 15 N–H and O–H groups in total. The molecule has 4 saturated heterocycles. The second-order valence-electron chi connectivity index (χ2n) is 27.2. The second-order valence-corrected chi connectivity index (χ2v) is 27.2. The lowest BCUT2D eigenvalue weighted by Gasteiger charge is -2.51. The van der Waals surface area contributed by atoms with Crippen molar-refractivity contribution in [2.24, 2.45) is 0 Å². The molecule has 26 nitrogen and oxygen atoms in total. The van der Waals surface area contributed by atoms with E-state index in [1.807, 2.05) is 6.08 Å². The van der Waals surface area contributed by atoms with Crippen LogP contribution < -0.4 is 16.0 Å². The van der Waals surface area contributed by atoms with Crippen molar-refractivity contribution in [3.05, 3.63) is 12.2 Å². The van der Waals surface area contributed by atoms with Crippen LogP contribution >= 0.6 is 0 Å². The monoisotopic (exact) mass is 1380 g/mol. The Morgan fingerprint density at radius 2 is 0.760 bits per heavy atom. The Morgan fingerprint density at radius 3 is 1.17 bits per heavy atom. The average Bonchev–Trinajstić information content (AvgIpc) is 0.778. The predicted molar refractivity (Wildman–Crippen MR) is 356 cm³/mol. The summed E-state index contributed by atoms with van der Waals surface area (Å²) in [4.78, 5) is 38.4. The molecule has 3 amide bonds. The molecule has 4 fully saturated rings. The summed E-state index contributed by atoms with van der Waals surface area (Å²) in [5.74, 6) is -1.80. The van der Waals surface area contributed by atoms with Crippen LogP contribution in [0.25, 0.3) is 0 Å². The van der Waals surface area contributed by atoms with Gasteiger partial charge < -0.3 is 115 Å². The molecule has 22 unspecified atom stereocenters. The molecule has 4 aliphatic rings. The number of unbranched alkanes of at least 4 members (excludes halogenated alkanes) is 31. The van der Waals surface area contributed by atoms with Gasteiger partial charge in [0.25, 0.3) is 0 Å². The molecule has 0 spiro atoms. The summed E-state index contributed by atoms with van der Waals surface area (Å²) in [6.45, 7) is 2.56. The van der Waals surface area contributed by atoms with E-state index in [0.29, 0.717) is 12.8 Å². The highest BCUT2D eigenvalue weighted by molar-refractivity contribution is 5.76. The van der Waals surface area contributed by atoms with E-state index in [9.17, 15) is 75.7 Å². The van der Waals surface area contributed by atoms with Crippen molar-refractivity contribution in [2.75, 3.05) is 33.0 Å². The SMILES string of the molecule is CCCCCCCCCCCCC/C=C\C(O)C(COC1OC(CO)C(OC2OC(CO)C(OC3OC(CO)C(O)C(O)C3NC(C)=O)C(OC3OC(CO)C(O)C(O)C3NC(C)=O)C2O)C(O)C1O)NC(=O)CCCCCCCCCCCCCCCCCCCCCCC. The van der Waals surface area contributed by atoms with Gasteiger partial charge in [-0.25, -0.2) is 0 Å². The zero-order chi connectivity index (χ0) is 70.2. The highest BCUT2D eigenvalue weighted by atomic mass is 16.8. The van der Waals surface area contributed by atoms with Crippen LogP contribution in [-0.4, -0.2) is 247 Å². The lowest BCUT2D eigenvalue weighted by atomic mass is 9.94. The van der Waals surface area contributed by atoms with Gasteiger partial charge in [-0.15, -0.1) is 0 Å². The summed E-state index contributed by atoms with van der Waals surface area (Å²) in [5, 5.41) is 141. The molecule has 4 aliphatic heterocycles. The minimum atomic E-state index is -2.18. The number of nitrogens with one attached hydrogen (secondary N) is 3. The van der Waals surface area contributed by atoms with Crippen LogP contribution in [0.2, 0.25) is 0 Å². The Kier molecular flexibility index (Phi) is 44.5. The Bertz CT molecular complexity index is 2060. The average molecular weight is 1380 g/mol. The zero-order valence-corrected chi connectivity index (χ0v) is 58.3. The molecule has 0 radical (unpaired) electrons. The molecule has 0 aromatic rings. The van der Waals surface area contributed by atoms with Crippen molar-refractivity contribution in [3.8, 4) is 0 Å². The molecule has 4 heterocycles. The molecule has 0 aliphatic carbocycles. The first-order chi connectivity index (χ1) is 46.3. The van der Waals surface area contributed by atoms with Crippen molar-refractivity contribution in [1.82, 2.24) is 16.0 Å². The van der Waals surface area contributed by atoms with Gasteiger partial charge in [-0.05, 0) is 19.3 Å². The Balaban J connectivity index is 1.40. The van der Waals surface area contributed by atoms with Gasteiger partial charge in [0.1, 0.15) is 97.5 Å². The third-order valence-electron chi connectivity index (χ3n) is 19.0. The van der Waals surface area contributed by atoms with Gasteiger partial charge in [0, 0.05) is 20.3 Å². The number of aliphatic hydroxyl groups is 12. The normalized spacial score (nSPS) is 31.7. The van der Waals surface area contributed by atoms with Crippen molar-refractivity contribution in [1.29, 1.82) is 0 Å². The van der Waals surface area contributed by atoms with Gasteiger partial charge in [-0.1, -0.05) is 219 Å². The highest BCUT2D eigenvalue weighted by Crippen LogP contribution is 2.36. The fraction of sp³-hybridized carbons (Fsp3) is 0.929. The molecule has 0 aromatic heterocycles. The van der Waals surface area contributed by atoms with E-state index in [4.69, 9.17) is 37.9 Å². The van der Waals surface area contributed by atoms with Gasteiger partial charge in [-0.3, -0.25) is 14.4 Å². The van der Waals surface area contributed by atoms with E-state index in [0.717, 1.165) is 58.8 Å². The van der Waals surface area contributed by atoms with Crippen LogP contribution in [0.4, 0.5) is 0 Å². The van der Waals surface area contributed by atoms with Crippen LogP contribution in [0, 0.1) is 0 Å². The number of rotatable bonds is 52. The van der Waals surface area contributed by atoms with E-state index < -0.39 is 180 Å². The topological polar surface area (TPSA) is 404 Å². The standard InChI is InChI=1S/C70H129N3O23/c1-5-7-9-11-13-15-17-19-20-21-22-23-24-25-26-28-30-32-34-36-38-40-54(81)73-48(49(80)39-37-35-33-31-29-27-18-16-14-12-10-8-6-2)45-89-69-62(87)61(86)64(52(43-76)92-69)94-70-63(88)66(96-68-56(72-47(4)79)60(85)58(83)51(42-75)91-68)65(53(44-77)93-70)95-67-55(71-46(3)78)59(84)57(82)50(41-74)90-67/h37,39,48-53,55-70,74-77,80,82-88H,5-36,38,40-45H2,1-4H3,(H,71,78)(H,72,79)(H,73,81)/b39-37-. The number of allylic oxidation sites excluding steroid dienone is 1. The third-order valence-corrected chi connectivity index (χ3v) is 19.0. The number of carbonyl (C=O) groups excluding carboxylic acids is 3. The number of aliphatic hydroxyl groups excluding tert-OH is 12. The molecular weight excluding hydrogens is 1250 g/mol. The Hall–Kier alpha value is -2.65. The summed E-state index contributed by atoms with van der Waals surface area (Å²) in [5.41, 5.74) is 0. The van der Waals surface area contributed by atoms with E-state index >= 15 is 0 Å². The van der Waals surface area contributed by atoms with Gasteiger partial charge in [0.15, 0.2) is 25.2 Å². The number of hydrogen-bond acceptors (Lipinski definition) is 23. The largest absolute Gasteiger partial charge is 0.394 e. The van der Waals surface area contributed by atoms with Crippen LogP contribution in [0.1, 0.15) is 246 Å². The quantitative estimate of drug-likeness (QED) is 0.0299. The number of ether oxygens (including phenoxy) is 8. The molecule has 562 valence electrons. The van der Waals surface area contributed by atoms with Crippen LogP contribution in [-0.2, 0) is 52.3 Å². The maximum absolute atomic E-state index is 13.5. The van der Waals surface area contributed by atoms with E-state index in [1.54, 1.807) is 6.08 Å². The van der Waals surface area contributed by atoms with Crippen LogP contribution in [0.5, 0.6) is 0 Å². The summed E-state index contributed by atoms with van der Waals surface area (Å²) >= 11 is 0. The molecular formula is C70H129N3O23. The Labute approximate surface area is 571 Å². The minimum absolute atomic E-state index is 0.198. The van der Waals surface area contributed by atoms with Crippen molar-refractivity contribution < 1.29 is 114 Å². The highest BCUT2D eigenvalue weighted by Gasteiger charge is 2.57. The van der Waals surface area contributed by atoms with Gasteiger partial charge in [0.2, 0.25) is 17.7 Å². The molecule has 0 saturated carbocycles. The van der Waals surface area contributed by atoms with Crippen LogP contribution in [0.3, 0.4) is 0 Å². The van der Waals surface area contributed by atoms with Crippen molar-refractivity contribution in [3.63, 3.8) is 0 Å². The second kappa shape index (κ2) is 49.8. The molecule has 26 heteroatoms. The van der Waals surface area contributed by atoms with Gasteiger partial charge >= 0.3 is 0 Å². The van der Waals surface area contributed by atoms with E-state index in [2.05, 4.69) is 29.8 Å². The predicted octanol–water partition coefficient (Wildman–Crippen LogP) is 4.27. The van der Waals surface area contributed by atoms with Gasteiger partial charge in [-0.2, -0.15) is 0 Å². The van der Waals surface area contributed by atoms with Gasteiger partial charge in [0.05, 0.1) is 45.2 Å². The first-order valence-corrected chi connectivity index (χ1v) is 36.9. The minimum Gasteiger partial charge on any atom is -0.394 e. The number of amides is 3. The van der Waals surface area contributed by atoms with E-state index in [1.165, 1.54) is 154 Å². The first kappa shape index (κ1) is 85.8. The smallest absolute Gasteiger partial charge is 0.220 e. The molecule has 22 atom stereocenters. The summed E-state index contributed by atoms with van der Waals surface area (Å²) in [7, 11) is 0. The zero-order valence-electron chi connectivity index (χ0n) is 58.3. The lowest BCUT2D eigenvalue weighted by Crippen LogP contribution is -2.70. The Morgan fingerprint density at radius 1 is 0.406 bits per heavy atom. The first-order valence-electron chi connectivity index (χ1n) is 36.9. The fourth-order valence-corrected chi connectivity index (χ4v) is 13.2. The maximum Gasteiger partial charge on any atom is 0.220 e. The van der Waals surface area contributed by atoms with Crippen molar-refractivity contribution >= 4 is 17.7 Å². The number of hydrogen-bond donors (Lipinski definition) is 15. The van der Waals surface area contributed by atoms with E-state index in [-0.39, 0.29) is 12.3 Å². The molecule has 4 rings (SSSR count). The molecule has 0 bridgehead atoms. The molecule has 0 aromatic carbocycles. The molecule has 96 heavy (non-hydrogen) atoms. The summed E-state index contributed by atoms with van der Waals surface area (Å²) < 4.78 is 48.2. The summed E-state index contributed by atoms with van der Waals surface area (Å²) in [6, 6.07) is -4.26. The van der Waals surface area contributed by atoms with Crippen LogP contribution in [0.15, 0.2) is 12.2 Å². The lowest BCUT2D eigenvalue weighted by molar-refractivity contribution is -0.391. The maximum atomic E-state index is 13.5. The number of carbonyl (C=O) groups is 3. The van der Waals surface area contributed by atoms with Crippen molar-refractivity contribution in [2.45, 2.75) is 381 Å². The fourth-order valence-electron chi connectivity index (χ4n) is 13.2.